The second-order valence-electron chi connectivity index (χ2n) is 4.25. The van der Waals surface area contributed by atoms with Gasteiger partial charge in [0.15, 0.2) is 0 Å². The van der Waals surface area contributed by atoms with Gasteiger partial charge in [-0.25, -0.2) is 4.98 Å². The van der Waals surface area contributed by atoms with Crippen molar-refractivity contribution in [1.82, 2.24) is 10.3 Å². The predicted octanol–water partition coefficient (Wildman–Crippen LogP) is 3.49. The van der Waals surface area contributed by atoms with E-state index in [1.165, 1.54) is 4.88 Å². The third kappa shape index (κ3) is 3.88. The first kappa shape index (κ1) is 14.2. The fraction of sp³-hybridized carbons (Fsp3) is 0.286. The van der Waals surface area contributed by atoms with E-state index < -0.39 is 0 Å². The van der Waals surface area contributed by atoms with Crippen LogP contribution in [0.15, 0.2) is 28.7 Å². The first-order valence-corrected chi connectivity index (χ1v) is 7.64. The molecular weight excluding hydrogens is 324 g/mol. The highest BCUT2D eigenvalue weighted by Crippen LogP contribution is 2.17. The molecule has 0 aliphatic heterocycles. The number of aromatic nitrogens is 1. The smallest absolute Gasteiger partial charge is 0.251 e. The molecule has 0 saturated carbocycles. The SMILES string of the molecule is Cc1nc(C)c(CCNC(=O)c2ccc(Br)cc2)s1. The largest absolute Gasteiger partial charge is 0.352 e. The molecule has 0 atom stereocenters. The highest BCUT2D eigenvalue weighted by molar-refractivity contribution is 9.10. The zero-order chi connectivity index (χ0) is 13.8. The molecule has 1 heterocycles. The molecule has 0 radical (unpaired) electrons. The second-order valence-corrected chi connectivity index (χ2v) is 6.46. The van der Waals surface area contributed by atoms with Crippen molar-refractivity contribution in [3.05, 3.63) is 49.9 Å². The lowest BCUT2D eigenvalue weighted by atomic mass is 10.2. The fourth-order valence-corrected chi connectivity index (χ4v) is 3.00. The number of carbonyl (C=O) groups is 1. The van der Waals surface area contributed by atoms with Crippen molar-refractivity contribution in [2.45, 2.75) is 20.3 Å². The summed E-state index contributed by atoms with van der Waals surface area (Å²) in [6.07, 6.45) is 0.833. The number of benzene rings is 1. The van der Waals surface area contributed by atoms with E-state index in [4.69, 9.17) is 0 Å². The van der Waals surface area contributed by atoms with Gasteiger partial charge in [0.25, 0.3) is 5.91 Å². The molecule has 0 aliphatic rings. The number of halogens is 1. The standard InChI is InChI=1S/C14H15BrN2OS/c1-9-13(19-10(2)17-9)7-8-16-14(18)11-3-5-12(15)6-4-11/h3-6H,7-8H2,1-2H3,(H,16,18). The van der Waals surface area contributed by atoms with Gasteiger partial charge in [-0.15, -0.1) is 11.3 Å². The molecule has 1 amide bonds. The molecule has 19 heavy (non-hydrogen) atoms. The molecule has 1 aromatic carbocycles. The van der Waals surface area contributed by atoms with Gasteiger partial charge in [-0.3, -0.25) is 4.79 Å². The summed E-state index contributed by atoms with van der Waals surface area (Å²) in [6, 6.07) is 7.35. The molecule has 0 fully saturated rings. The summed E-state index contributed by atoms with van der Waals surface area (Å²) >= 11 is 5.05. The van der Waals surface area contributed by atoms with E-state index in [0.717, 1.165) is 21.6 Å². The molecule has 0 saturated heterocycles. The number of carbonyl (C=O) groups excluding carboxylic acids is 1. The maximum absolute atomic E-state index is 11.9. The summed E-state index contributed by atoms with van der Waals surface area (Å²) < 4.78 is 0.972. The molecule has 1 N–H and O–H groups in total. The van der Waals surface area contributed by atoms with E-state index in [0.29, 0.717) is 12.1 Å². The maximum Gasteiger partial charge on any atom is 0.251 e. The zero-order valence-electron chi connectivity index (χ0n) is 10.9. The molecule has 0 bridgehead atoms. The van der Waals surface area contributed by atoms with Gasteiger partial charge in [0.05, 0.1) is 10.7 Å². The Hall–Kier alpha value is -1.20. The Morgan fingerprint density at radius 2 is 2.00 bits per heavy atom. The van der Waals surface area contributed by atoms with E-state index in [1.807, 2.05) is 38.1 Å². The normalized spacial score (nSPS) is 10.5. The van der Waals surface area contributed by atoms with E-state index in [-0.39, 0.29) is 5.91 Å². The molecule has 2 aromatic rings. The van der Waals surface area contributed by atoms with Crippen molar-refractivity contribution in [2.75, 3.05) is 6.54 Å². The van der Waals surface area contributed by atoms with Crippen LogP contribution in [0.3, 0.4) is 0 Å². The Labute approximate surface area is 125 Å². The van der Waals surface area contributed by atoms with Crippen molar-refractivity contribution in [1.29, 1.82) is 0 Å². The van der Waals surface area contributed by atoms with Crippen LogP contribution in [0.5, 0.6) is 0 Å². The van der Waals surface area contributed by atoms with Crippen LogP contribution in [0.2, 0.25) is 0 Å². The third-order valence-corrected chi connectivity index (χ3v) is 4.40. The Balaban J connectivity index is 1.87. The molecule has 0 spiro atoms. The summed E-state index contributed by atoms with van der Waals surface area (Å²) in [6.45, 7) is 4.65. The second kappa shape index (κ2) is 6.30. The summed E-state index contributed by atoms with van der Waals surface area (Å²) in [7, 11) is 0. The molecule has 1 aromatic heterocycles. The Kier molecular flexibility index (Phi) is 4.71. The molecular formula is C14H15BrN2OS. The number of rotatable bonds is 4. The van der Waals surface area contributed by atoms with Gasteiger partial charge < -0.3 is 5.32 Å². The van der Waals surface area contributed by atoms with Crippen LogP contribution in [0.4, 0.5) is 0 Å². The summed E-state index contributed by atoms with van der Waals surface area (Å²) in [4.78, 5) is 17.5. The van der Waals surface area contributed by atoms with Crippen LogP contribution in [0, 0.1) is 13.8 Å². The topological polar surface area (TPSA) is 42.0 Å². The average Bonchev–Trinajstić information content (AvgIpc) is 2.68. The van der Waals surface area contributed by atoms with Crippen LogP contribution in [0.25, 0.3) is 0 Å². The Morgan fingerprint density at radius 3 is 2.58 bits per heavy atom. The van der Waals surface area contributed by atoms with Crippen molar-refractivity contribution >= 4 is 33.2 Å². The van der Waals surface area contributed by atoms with Gasteiger partial charge in [0.2, 0.25) is 0 Å². The van der Waals surface area contributed by atoms with Crippen molar-refractivity contribution in [3.8, 4) is 0 Å². The molecule has 100 valence electrons. The lowest BCUT2D eigenvalue weighted by Crippen LogP contribution is -2.25. The summed E-state index contributed by atoms with van der Waals surface area (Å²) in [5, 5.41) is 4.00. The van der Waals surface area contributed by atoms with Crippen LogP contribution in [-0.4, -0.2) is 17.4 Å². The van der Waals surface area contributed by atoms with Gasteiger partial charge in [0, 0.05) is 27.9 Å². The van der Waals surface area contributed by atoms with E-state index in [2.05, 4.69) is 26.2 Å². The average molecular weight is 339 g/mol. The van der Waals surface area contributed by atoms with Gasteiger partial charge in [0.1, 0.15) is 0 Å². The fourth-order valence-electron chi connectivity index (χ4n) is 1.80. The lowest BCUT2D eigenvalue weighted by molar-refractivity contribution is 0.0954. The van der Waals surface area contributed by atoms with Crippen molar-refractivity contribution in [2.24, 2.45) is 0 Å². The van der Waals surface area contributed by atoms with Crippen LogP contribution < -0.4 is 5.32 Å². The third-order valence-electron chi connectivity index (χ3n) is 2.74. The number of thiazole rings is 1. The highest BCUT2D eigenvalue weighted by atomic mass is 79.9. The minimum atomic E-state index is -0.0357. The highest BCUT2D eigenvalue weighted by Gasteiger charge is 2.07. The minimum Gasteiger partial charge on any atom is -0.352 e. The summed E-state index contributed by atoms with van der Waals surface area (Å²) in [5.74, 6) is -0.0357. The van der Waals surface area contributed by atoms with E-state index in [1.54, 1.807) is 11.3 Å². The monoisotopic (exact) mass is 338 g/mol. The van der Waals surface area contributed by atoms with Gasteiger partial charge in [-0.1, -0.05) is 15.9 Å². The zero-order valence-corrected chi connectivity index (χ0v) is 13.3. The molecule has 0 aliphatic carbocycles. The number of nitrogens with zero attached hydrogens (tertiary/aromatic N) is 1. The van der Waals surface area contributed by atoms with Crippen LogP contribution in [-0.2, 0) is 6.42 Å². The van der Waals surface area contributed by atoms with E-state index in [9.17, 15) is 4.79 Å². The Bertz CT molecular complexity index is 578. The lowest BCUT2D eigenvalue weighted by Gasteiger charge is -2.04. The number of amides is 1. The number of aryl methyl sites for hydroxylation is 2. The quantitative estimate of drug-likeness (QED) is 0.926. The maximum atomic E-state index is 11.9. The number of hydrogen-bond donors (Lipinski definition) is 1. The van der Waals surface area contributed by atoms with E-state index >= 15 is 0 Å². The molecule has 2 rings (SSSR count). The van der Waals surface area contributed by atoms with Gasteiger partial charge in [-0.05, 0) is 38.1 Å². The number of nitrogens with one attached hydrogen (secondary N) is 1. The first-order chi connectivity index (χ1) is 9.06. The number of hydrogen-bond acceptors (Lipinski definition) is 3. The molecule has 5 heteroatoms. The van der Waals surface area contributed by atoms with Crippen molar-refractivity contribution < 1.29 is 4.79 Å². The predicted molar refractivity (Wildman–Crippen MR) is 81.8 cm³/mol. The van der Waals surface area contributed by atoms with Gasteiger partial charge >= 0.3 is 0 Å². The Morgan fingerprint density at radius 1 is 1.32 bits per heavy atom. The first-order valence-electron chi connectivity index (χ1n) is 6.03. The van der Waals surface area contributed by atoms with Crippen molar-refractivity contribution in [3.63, 3.8) is 0 Å². The summed E-state index contributed by atoms with van der Waals surface area (Å²) in [5.41, 5.74) is 1.75. The molecule has 0 unspecified atom stereocenters. The molecule has 3 nitrogen and oxygen atoms in total. The van der Waals surface area contributed by atoms with Crippen LogP contribution >= 0.6 is 27.3 Å². The van der Waals surface area contributed by atoms with Gasteiger partial charge in [-0.2, -0.15) is 0 Å². The van der Waals surface area contributed by atoms with Crippen LogP contribution in [0.1, 0.15) is 25.9 Å². The minimum absolute atomic E-state index is 0.0357.